The number of benzene rings is 1. The first-order chi connectivity index (χ1) is 13.7. The van der Waals surface area contributed by atoms with Crippen molar-refractivity contribution in [2.45, 2.75) is 32.2 Å². The number of amides is 1. The molecule has 0 unspecified atom stereocenters. The fourth-order valence-electron chi connectivity index (χ4n) is 3.26. The Morgan fingerprint density at radius 3 is 2.50 bits per heavy atom. The molecule has 0 atom stereocenters. The fourth-order valence-corrected chi connectivity index (χ4v) is 3.26. The van der Waals surface area contributed by atoms with Gasteiger partial charge in [-0.05, 0) is 50.1 Å². The van der Waals surface area contributed by atoms with Gasteiger partial charge in [-0.25, -0.2) is 9.67 Å². The summed E-state index contributed by atoms with van der Waals surface area (Å²) in [5.74, 6) is 1.14. The Morgan fingerprint density at radius 1 is 1.11 bits per heavy atom. The van der Waals surface area contributed by atoms with E-state index in [1.807, 2.05) is 48.0 Å². The van der Waals surface area contributed by atoms with Crippen LogP contribution in [0.5, 0.6) is 0 Å². The highest BCUT2D eigenvalue weighted by atomic mass is 16.2. The van der Waals surface area contributed by atoms with Crippen LogP contribution in [0.2, 0.25) is 0 Å². The highest BCUT2D eigenvalue weighted by Crippen LogP contribution is 2.40. The van der Waals surface area contributed by atoms with Crippen molar-refractivity contribution in [3.8, 4) is 5.82 Å². The number of rotatable bonds is 5. The highest BCUT2D eigenvalue weighted by molar-refractivity contribution is 5.90. The van der Waals surface area contributed by atoms with Crippen LogP contribution in [0.15, 0.2) is 48.7 Å². The van der Waals surface area contributed by atoms with Gasteiger partial charge in [0.2, 0.25) is 5.91 Å². The Morgan fingerprint density at radius 2 is 1.86 bits per heavy atom. The Kier molecular flexibility index (Phi) is 3.89. The van der Waals surface area contributed by atoms with Gasteiger partial charge in [0, 0.05) is 11.6 Å². The van der Waals surface area contributed by atoms with E-state index >= 15 is 0 Å². The zero-order valence-corrected chi connectivity index (χ0v) is 15.4. The Balaban J connectivity index is 1.29. The SMILES string of the molecule is Cc1cc(C2CC2)n(-c2ccc(NC(=O)Cn3nc4ccccc4n3)cn2)n1. The van der Waals surface area contributed by atoms with Crippen molar-refractivity contribution in [3.05, 3.63) is 60.0 Å². The second-order valence-corrected chi connectivity index (χ2v) is 7.07. The van der Waals surface area contributed by atoms with Gasteiger partial charge in [-0.1, -0.05) is 12.1 Å². The van der Waals surface area contributed by atoms with Crippen LogP contribution < -0.4 is 5.32 Å². The van der Waals surface area contributed by atoms with Crippen molar-refractivity contribution in [1.82, 2.24) is 29.8 Å². The quantitative estimate of drug-likeness (QED) is 0.581. The molecule has 3 aromatic heterocycles. The van der Waals surface area contributed by atoms with E-state index in [0.29, 0.717) is 11.6 Å². The summed E-state index contributed by atoms with van der Waals surface area (Å²) >= 11 is 0. The van der Waals surface area contributed by atoms with Crippen LogP contribution in [0.3, 0.4) is 0 Å². The number of carbonyl (C=O) groups is 1. The molecule has 28 heavy (non-hydrogen) atoms. The maximum absolute atomic E-state index is 12.3. The van der Waals surface area contributed by atoms with Gasteiger partial charge in [-0.3, -0.25) is 4.79 Å². The Hall–Kier alpha value is -3.55. The van der Waals surface area contributed by atoms with E-state index in [0.717, 1.165) is 22.5 Å². The van der Waals surface area contributed by atoms with Crippen molar-refractivity contribution in [1.29, 1.82) is 0 Å². The minimum absolute atomic E-state index is 0.0423. The average Bonchev–Trinajstić information content (AvgIpc) is 3.34. The number of fused-ring (bicyclic) bond motifs is 1. The maximum Gasteiger partial charge on any atom is 0.248 e. The molecular weight excluding hydrogens is 354 g/mol. The number of carbonyl (C=O) groups excluding carboxylic acids is 1. The first-order valence-corrected chi connectivity index (χ1v) is 9.28. The first kappa shape index (κ1) is 16.6. The number of aryl methyl sites for hydroxylation is 1. The van der Waals surface area contributed by atoms with E-state index in [2.05, 4.69) is 31.7 Å². The summed E-state index contributed by atoms with van der Waals surface area (Å²) in [6, 6.07) is 13.3. The zero-order chi connectivity index (χ0) is 19.1. The molecule has 0 spiro atoms. The number of aromatic nitrogens is 6. The lowest BCUT2D eigenvalue weighted by Crippen LogP contribution is -2.20. The smallest absolute Gasteiger partial charge is 0.248 e. The van der Waals surface area contributed by atoms with Gasteiger partial charge >= 0.3 is 0 Å². The van der Waals surface area contributed by atoms with Crippen LogP contribution in [0, 0.1) is 6.92 Å². The largest absolute Gasteiger partial charge is 0.323 e. The summed E-state index contributed by atoms with van der Waals surface area (Å²) in [5, 5.41) is 16.0. The van der Waals surface area contributed by atoms with Crippen LogP contribution in [0.25, 0.3) is 16.9 Å². The monoisotopic (exact) mass is 373 g/mol. The molecule has 1 aromatic carbocycles. The molecule has 0 radical (unpaired) electrons. The highest BCUT2D eigenvalue weighted by Gasteiger charge is 2.28. The van der Waals surface area contributed by atoms with Gasteiger partial charge in [0.15, 0.2) is 5.82 Å². The van der Waals surface area contributed by atoms with Gasteiger partial charge in [-0.2, -0.15) is 20.1 Å². The summed E-state index contributed by atoms with van der Waals surface area (Å²) in [6.45, 7) is 2.03. The molecule has 8 nitrogen and oxygen atoms in total. The predicted octanol–water partition coefficient (Wildman–Crippen LogP) is 2.84. The molecule has 8 heteroatoms. The molecule has 1 amide bonds. The van der Waals surface area contributed by atoms with Gasteiger partial charge in [0.1, 0.15) is 17.6 Å². The van der Waals surface area contributed by atoms with E-state index in [-0.39, 0.29) is 12.5 Å². The van der Waals surface area contributed by atoms with E-state index in [4.69, 9.17) is 0 Å². The van der Waals surface area contributed by atoms with E-state index in [9.17, 15) is 4.79 Å². The number of hydrogen-bond donors (Lipinski definition) is 1. The lowest BCUT2D eigenvalue weighted by Gasteiger charge is -2.08. The molecule has 0 aliphatic heterocycles. The van der Waals surface area contributed by atoms with Gasteiger partial charge in [0.05, 0.1) is 17.6 Å². The third-order valence-electron chi connectivity index (χ3n) is 4.72. The number of anilines is 1. The second-order valence-electron chi connectivity index (χ2n) is 7.07. The molecule has 4 aromatic rings. The molecule has 0 bridgehead atoms. The van der Waals surface area contributed by atoms with Gasteiger partial charge < -0.3 is 5.32 Å². The standard InChI is InChI=1S/C20H19N7O/c1-13-10-18(14-6-7-14)27(23-13)19-9-8-15(11-21-19)22-20(28)12-26-24-16-4-2-3-5-17(16)25-26/h2-5,8-11,14H,6-7,12H2,1H3,(H,22,28). The lowest BCUT2D eigenvalue weighted by molar-refractivity contribution is -0.117. The van der Waals surface area contributed by atoms with Crippen molar-refractivity contribution < 1.29 is 4.79 Å². The van der Waals surface area contributed by atoms with Crippen molar-refractivity contribution in [2.75, 3.05) is 5.32 Å². The lowest BCUT2D eigenvalue weighted by atomic mass is 10.2. The molecule has 0 saturated heterocycles. The zero-order valence-electron chi connectivity index (χ0n) is 15.4. The number of nitrogens with zero attached hydrogens (tertiary/aromatic N) is 6. The molecule has 1 saturated carbocycles. The third kappa shape index (κ3) is 3.24. The summed E-state index contributed by atoms with van der Waals surface area (Å²) in [6.07, 6.45) is 4.05. The maximum atomic E-state index is 12.3. The number of pyridine rings is 1. The fraction of sp³-hybridized carbons (Fsp3) is 0.250. The number of nitrogens with one attached hydrogen (secondary N) is 1. The first-order valence-electron chi connectivity index (χ1n) is 9.28. The summed E-state index contributed by atoms with van der Waals surface area (Å²) < 4.78 is 1.90. The molecule has 1 N–H and O–H groups in total. The molecule has 140 valence electrons. The molecular formula is C20H19N7O. The molecule has 1 aliphatic rings. The van der Waals surface area contributed by atoms with Crippen LogP contribution in [-0.2, 0) is 11.3 Å². The third-order valence-corrected chi connectivity index (χ3v) is 4.72. The normalized spacial score (nSPS) is 13.8. The summed E-state index contributed by atoms with van der Waals surface area (Å²) in [5.41, 5.74) is 4.35. The number of hydrogen-bond acceptors (Lipinski definition) is 5. The molecule has 1 aliphatic carbocycles. The Labute approximate surface area is 161 Å². The minimum Gasteiger partial charge on any atom is -0.323 e. The molecule has 5 rings (SSSR count). The van der Waals surface area contributed by atoms with E-state index in [1.54, 1.807) is 6.20 Å². The van der Waals surface area contributed by atoms with Crippen molar-refractivity contribution in [3.63, 3.8) is 0 Å². The molecule has 3 heterocycles. The van der Waals surface area contributed by atoms with Crippen molar-refractivity contribution in [2.24, 2.45) is 0 Å². The van der Waals surface area contributed by atoms with E-state index < -0.39 is 0 Å². The van der Waals surface area contributed by atoms with Crippen LogP contribution >= 0.6 is 0 Å². The molecule has 1 fully saturated rings. The van der Waals surface area contributed by atoms with Gasteiger partial charge in [0.25, 0.3) is 0 Å². The van der Waals surface area contributed by atoms with Crippen LogP contribution in [-0.4, -0.2) is 35.7 Å². The summed E-state index contributed by atoms with van der Waals surface area (Å²) in [7, 11) is 0. The predicted molar refractivity (Wildman–Crippen MR) is 104 cm³/mol. The van der Waals surface area contributed by atoms with Crippen molar-refractivity contribution >= 4 is 22.6 Å². The summed E-state index contributed by atoms with van der Waals surface area (Å²) in [4.78, 5) is 18.2. The van der Waals surface area contributed by atoms with Crippen LogP contribution in [0.4, 0.5) is 5.69 Å². The van der Waals surface area contributed by atoms with Crippen LogP contribution in [0.1, 0.15) is 30.1 Å². The van der Waals surface area contributed by atoms with E-state index in [1.165, 1.54) is 23.3 Å². The minimum atomic E-state index is -0.205. The second kappa shape index (κ2) is 6.56. The average molecular weight is 373 g/mol. The van der Waals surface area contributed by atoms with Gasteiger partial charge in [-0.15, -0.1) is 0 Å². The Bertz CT molecular complexity index is 1120. The topological polar surface area (TPSA) is 90.5 Å².